The van der Waals surface area contributed by atoms with Crippen LogP contribution in [0.4, 0.5) is 0 Å². The molecule has 0 fully saturated rings. The molecular formula is C24H31N3O4. The zero-order valence-electron chi connectivity index (χ0n) is 18.6. The molecule has 3 rings (SSSR count). The van der Waals surface area contributed by atoms with E-state index in [2.05, 4.69) is 23.4 Å². The fourth-order valence-corrected chi connectivity index (χ4v) is 3.94. The number of benzene rings is 1. The van der Waals surface area contributed by atoms with Crippen molar-refractivity contribution >= 4 is 17.0 Å². The molecule has 1 atom stereocenters. The number of fused-ring (bicyclic) bond motifs is 1. The van der Waals surface area contributed by atoms with Gasteiger partial charge in [-0.1, -0.05) is 19.9 Å². The van der Waals surface area contributed by atoms with E-state index in [4.69, 9.17) is 9.72 Å². The number of nitrogens with zero attached hydrogens (tertiary/aromatic N) is 2. The van der Waals surface area contributed by atoms with Crippen LogP contribution in [0.2, 0.25) is 0 Å². The maximum atomic E-state index is 11.8. The van der Waals surface area contributed by atoms with Gasteiger partial charge in [-0.05, 0) is 55.9 Å². The number of H-pyrrole nitrogens is 1. The Balaban J connectivity index is 1.94. The van der Waals surface area contributed by atoms with E-state index in [1.807, 2.05) is 24.3 Å². The molecule has 166 valence electrons. The smallest absolute Gasteiger partial charge is 0.306 e. The zero-order valence-corrected chi connectivity index (χ0v) is 18.6. The Morgan fingerprint density at radius 1 is 1.29 bits per heavy atom. The van der Waals surface area contributed by atoms with Gasteiger partial charge in [0, 0.05) is 31.0 Å². The molecule has 0 aliphatic carbocycles. The van der Waals surface area contributed by atoms with Gasteiger partial charge < -0.3 is 19.4 Å². The van der Waals surface area contributed by atoms with Crippen molar-refractivity contribution in [2.24, 2.45) is 11.8 Å². The fraction of sp³-hybridized carbons (Fsp3) is 0.458. The van der Waals surface area contributed by atoms with Crippen molar-refractivity contribution in [3.63, 3.8) is 0 Å². The van der Waals surface area contributed by atoms with Crippen molar-refractivity contribution in [2.45, 2.75) is 46.6 Å². The molecule has 2 aromatic heterocycles. The van der Waals surface area contributed by atoms with Crippen molar-refractivity contribution in [3.8, 4) is 11.4 Å². The molecule has 0 saturated heterocycles. The van der Waals surface area contributed by atoms with E-state index < -0.39 is 5.97 Å². The average molecular weight is 426 g/mol. The molecule has 1 aromatic carbocycles. The van der Waals surface area contributed by atoms with Crippen LogP contribution in [-0.2, 0) is 22.5 Å². The molecule has 0 amide bonds. The number of aromatic amines is 1. The van der Waals surface area contributed by atoms with E-state index >= 15 is 0 Å². The molecular weight excluding hydrogens is 394 g/mol. The first-order valence-electron chi connectivity index (χ1n) is 10.7. The number of aliphatic carboxylic acids is 1. The van der Waals surface area contributed by atoms with E-state index in [0.717, 1.165) is 28.0 Å². The van der Waals surface area contributed by atoms with Gasteiger partial charge in [0.2, 0.25) is 0 Å². The summed E-state index contributed by atoms with van der Waals surface area (Å²) in [5.41, 5.74) is 4.27. The lowest BCUT2D eigenvalue weighted by Gasteiger charge is -2.14. The Morgan fingerprint density at radius 2 is 2.06 bits per heavy atom. The minimum absolute atomic E-state index is 0.111. The van der Waals surface area contributed by atoms with Crippen LogP contribution in [0.15, 0.2) is 35.3 Å². The first-order valence-corrected chi connectivity index (χ1v) is 10.7. The largest absolute Gasteiger partial charge is 0.481 e. The van der Waals surface area contributed by atoms with Gasteiger partial charge in [0.15, 0.2) is 0 Å². The van der Waals surface area contributed by atoms with Crippen molar-refractivity contribution in [2.75, 3.05) is 13.7 Å². The Bertz CT molecular complexity index is 1110. The molecule has 0 unspecified atom stereocenters. The molecule has 2 heterocycles. The summed E-state index contributed by atoms with van der Waals surface area (Å²) in [4.78, 5) is 31.0. The number of carboxylic acids is 1. The summed E-state index contributed by atoms with van der Waals surface area (Å²) >= 11 is 0. The SMILES string of the molecule is COCCn1c(-c2c[nH]c(=O)c(C)c2)nc2cc(CC[C@@H](CC(C)C)C(=O)O)ccc21. The van der Waals surface area contributed by atoms with E-state index in [1.54, 1.807) is 20.2 Å². The predicted octanol–water partition coefficient (Wildman–Crippen LogP) is 4.03. The van der Waals surface area contributed by atoms with Gasteiger partial charge in [0.1, 0.15) is 5.82 Å². The molecule has 2 N–H and O–H groups in total. The van der Waals surface area contributed by atoms with Gasteiger partial charge in [0.25, 0.3) is 5.56 Å². The lowest BCUT2D eigenvalue weighted by Crippen LogP contribution is -2.16. The van der Waals surface area contributed by atoms with E-state index in [0.29, 0.717) is 43.9 Å². The summed E-state index contributed by atoms with van der Waals surface area (Å²) in [5.74, 6) is 0.0548. The van der Waals surface area contributed by atoms with Gasteiger partial charge in [-0.25, -0.2) is 4.98 Å². The lowest BCUT2D eigenvalue weighted by atomic mass is 9.91. The number of hydrogen-bond acceptors (Lipinski definition) is 4. The van der Waals surface area contributed by atoms with Crippen LogP contribution >= 0.6 is 0 Å². The maximum Gasteiger partial charge on any atom is 0.306 e. The first-order chi connectivity index (χ1) is 14.8. The number of hydrogen-bond donors (Lipinski definition) is 2. The van der Waals surface area contributed by atoms with Crippen LogP contribution in [0.25, 0.3) is 22.4 Å². The molecule has 0 bridgehead atoms. The summed E-state index contributed by atoms with van der Waals surface area (Å²) in [6, 6.07) is 7.96. The molecule has 0 saturated carbocycles. The summed E-state index contributed by atoms with van der Waals surface area (Å²) in [5, 5.41) is 9.51. The summed E-state index contributed by atoms with van der Waals surface area (Å²) in [6.45, 7) is 7.05. The molecule has 7 nitrogen and oxygen atoms in total. The zero-order chi connectivity index (χ0) is 22.5. The normalized spacial score (nSPS) is 12.5. The van der Waals surface area contributed by atoms with Gasteiger partial charge in [-0.3, -0.25) is 9.59 Å². The number of ether oxygens (including phenoxy) is 1. The second-order valence-corrected chi connectivity index (χ2v) is 8.51. The summed E-state index contributed by atoms with van der Waals surface area (Å²) in [6.07, 6.45) is 3.66. The molecule has 0 aliphatic rings. The quantitative estimate of drug-likeness (QED) is 0.511. The molecule has 0 radical (unpaired) electrons. The highest BCUT2D eigenvalue weighted by Crippen LogP contribution is 2.26. The number of aromatic nitrogens is 3. The number of aryl methyl sites for hydroxylation is 2. The third kappa shape index (κ3) is 5.41. The number of methoxy groups -OCH3 is 1. The fourth-order valence-electron chi connectivity index (χ4n) is 3.94. The second kappa shape index (κ2) is 9.92. The number of pyridine rings is 1. The highest BCUT2D eigenvalue weighted by atomic mass is 16.5. The Hall–Kier alpha value is -2.93. The van der Waals surface area contributed by atoms with Crippen LogP contribution in [-0.4, -0.2) is 39.3 Å². The maximum absolute atomic E-state index is 11.8. The predicted molar refractivity (Wildman–Crippen MR) is 121 cm³/mol. The Kier molecular flexibility index (Phi) is 7.28. The van der Waals surface area contributed by atoms with E-state index in [-0.39, 0.29) is 11.5 Å². The topological polar surface area (TPSA) is 97.2 Å². The van der Waals surface area contributed by atoms with Crippen molar-refractivity contribution < 1.29 is 14.6 Å². The van der Waals surface area contributed by atoms with Crippen LogP contribution in [0.1, 0.15) is 37.8 Å². The number of nitrogens with one attached hydrogen (secondary N) is 1. The Morgan fingerprint density at radius 3 is 2.71 bits per heavy atom. The van der Waals surface area contributed by atoms with Crippen LogP contribution < -0.4 is 5.56 Å². The van der Waals surface area contributed by atoms with E-state index in [9.17, 15) is 14.7 Å². The number of imidazole rings is 1. The highest BCUT2D eigenvalue weighted by Gasteiger charge is 2.19. The van der Waals surface area contributed by atoms with Gasteiger partial charge in [0.05, 0.1) is 23.6 Å². The number of rotatable bonds is 10. The average Bonchev–Trinajstić information content (AvgIpc) is 3.08. The molecule has 0 spiro atoms. The van der Waals surface area contributed by atoms with Gasteiger partial charge in [-0.15, -0.1) is 0 Å². The molecule has 7 heteroatoms. The molecule has 3 aromatic rings. The summed E-state index contributed by atoms with van der Waals surface area (Å²) in [7, 11) is 1.66. The van der Waals surface area contributed by atoms with Crippen LogP contribution in [0.3, 0.4) is 0 Å². The monoisotopic (exact) mass is 425 g/mol. The standard InChI is InChI=1S/C24H31N3O4/c1-15(2)11-18(24(29)30)7-5-17-6-8-21-20(13-17)26-22(27(21)9-10-31-4)19-12-16(3)23(28)25-14-19/h6,8,12-15,18H,5,7,9-11H2,1-4H3,(H,25,28)(H,29,30)/t18-/m0/s1. The minimum Gasteiger partial charge on any atom is -0.481 e. The van der Waals surface area contributed by atoms with Crippen molar-refractivity contribution in [1.82, 2.24) is 14.5 Å². The lowest BCUT2D eigenvalue weighted by molar-refractivity contribution is -0.142. The van der Waals surface area contributed by atoms with Gasteiger partial charge >= 0.3 is 5.97 Å². The Labute approximate surface area is 182 Å². The second-order valence-electron chi connectivity index (χ2n) is 8.51. The van der Waals surface area contributed by atoms with Crippen LogP contribution in [0.5, 0.6) is 0 Å². The van der Waals surface area contributed by atoms with Gasteiger partial charge in [-0.2, -0.15) is 0 Å². The number of carboxylic acid groups (broad SMARTS) is 1. The summed E-state index contributed by atoms with van der Waals surface area (Å²) < 4.78 is 7.37. The third-order valence-corrected chi connectivity index (χ3v) is 5.57. The van der Waals surface area contributed by atoms with Crippen molar-refractivity contribution in [1.29, 1.82) is 0 Å². The van der Waals surface area contributed by atoms with E-state index in [1.165, 1.54) is 0 Å². The van der Waals surface area contributed by atoms with Crippen molar-refractivity contribution in [3.05, 3.63) is 51.9 Å². The molecule has 31 heavy (non-hydrogen) atoms. The minimum atomic E-state index is -0.727. The van der Waals surface area contributed by atoms with Crippen LogP contribution in [0, 0.1) is 18.8 Å². The third-order valence-electron chi connectivity index (χ3n) is 5.57. The molecule has 0 aliphatic heterocycles. The first kappa shape index (κ1) is 22.7. The highest BCUT2D eigenvalue weighted by molar-refractivity contribution is 5.81. The number of carbonyl (C=O) groups is 1.